The number of nitrogens with one attached hydrogen (secondary N) is 1. The molecule has 2 amide bonds. The molecule has 2 fully saturated rings. The minimum atomic E-state index is -1.83. The number of amides is 2. The van der Waals surface area contributed by atoms with Gasteiger partial charge < -0.3 is 20.2 Å². The maximum Gasteiger partial charge on any atom is 0.697 e. The highest BCUT2D eigenvalue weighted by Crippen LogP contribution is 2.31. The van der Waals surface area contributed by atoms with E-state index in [2.05, 4.69) is 84.2 Å². The van der Waals surface area contributed by atoms with Crippen LogP contribution in [0.1, 0.15) is 56.9 Å². The van der Waals surface area contributed by atoms with Crippen molar-refractivity contribution in [2.45, 2.75) is 62.5 Å². The van der Waals surface area contributed by atoms with E-state index in [1.165, 1.54) is 62.4 Å². The van der Waals surface area contributed by atoms with Crippen molar-refractivity contribution in [2.75, 3.05) is 65.6 Å². The number of hydrogen-bond donors (Lipinski definition) is 2. The van der Waals surface area contributed by atoms with Crippen LogP contribution in [0.3, 0.4) is 0 Å². The van der Waals surface area contributed by atoms with Gasteiger partial charge in [0.25, 0.3) is 5.97 Å². The Morgan fingerprint density at radius 2 is 0.978 bits per heavy atom. The van der Waals surface area contributed by atoms with Gasteiger partial charge in [-0.25, -0.2) is 10.1 Å². The lowest BCUT2D eigenvalue weighted by Crippen LogP contribution is -2.47. The molecule has 37 heteroatoms. The number of aryl methyl sites for hydroxylation is 1. The van der Waals surface area contributed by atoms with Crippen LogP contribution in [0.15, 0.2) is 102 Å². The van der Waals surface area contributed by atoms with Gasteiger partial charge in [-0.05, 0) is 26.3 Å². The van der Waals surface area contributed by atoms with Gasteiger partial charge in [0.1, 0.15) is 33.5 Å². The number of nitrogens with zero attached hydrogens (tertiary/aromatic N) is 8. The van der Waals surface area contributed by atoms with Crippen molar-refractivity contribution in [3.05, 3.63) is 204 Å². The molecule has 26 nitrogen and oxygen atoms in total. The number of nitro groups is 5. The Morgan fingerprint density at radius 1 is 0.622 bits per heavy atom. The van der Waals surface area contributed by atoms with E-state index in [-0.39, 0.29) is 40.5 Å². The van der Waals surface area contributed by atoms with E-state index in [0.717, 1.165) is 63.4 Å². The predicted octanol–water partition coefficient (Wildman–Crippen LogP) is 13.2. The number of rotatable bonds is 14. The van der Waals surface area contributed by atoms with Crippen molar-refractivity contribution < 1.29 is 79.7 Å². The van der Waals surface area contributed by atoms with Crippen molar-refractivity contribution in [3.63, 3.8) is 0 Å². The lowest BCUT2D eigenvalue weighted by atomic mass is 10.1. The molecule has 0 unspecified atom stereocenters. The number of halogens is 10. The zero-order valence-electron chi connectivity index (χ0n) is 48.7. The summed E-state index contributed by atoms with van der Waals surface area (Å²) in [6.45, 7) is 16.6. The topological polar surface area (TPSA) is 344 Å². The maximum absolute atomic E-state index is 14.0. The monoisotopic (exact) mass is 1570 g/mol. The number of piperazine rings is 2. The summed E-state index contributed by atoms with van der Waals surface area (Å²) in [5, 5.41) is 62.8. The number of hydrogen-bond acceptors (Lipinski definition) is 18. The number of carboxylic acids is 1. The summed E-state index contributed by atoms with van der Waals surface area (Å²) in [7, 11) is -1.83. The third-order valence-electron chi connectivity index (χ3n) is 11.0. The second kappa shape index (κ2) is 46.3. The van der Waals surface area contributed by atoms with E-state index < -0.39 is 100 Å². The number of carbonyl (C=O) groups is 3. The van der Waals surface area contributed by atoms with Gasteiger partial charge in [-0.3, -0.25) is 59.7 Å². The van der Waals surface area contributed by atoms with Gasteiger partial charge in [-0.1, -0.05) is 112 Å². The van der Waals surface area contributed by atoms with Crippen LogP contribution < -0.4 is 5.32 Å². The first kappa shape index (κ1) is 85.3. The fourth-order valence-corrected chi connectivity index (χ4v) is 8.72. The highest BCUT2D eigenvalue weighted by Gasteiger charge is 2.35. The highest BCUT2D eigenvalue weighted by molar-refractivity contribution is 9.24. The van der Waals surface area contributed by atoms with Gasteiger partial charge in [0.05, 0.1) is 19.7 Å². The molecule has 3 aliphatic rings. The van der Waals surface area contributed by atoms with Crippen LogP contribution in [0.2, 0.25) is 0 Å². The number of nitro benzene ring substituents is 4. The van der Waals surface area contributed by atoms with E-state index in [1.54, 1.807) is 31.7 Å². The highest BCUT2D eigenvalue weighted by atomic mass is 79.9. The molecule has 7 rings (SSSR count). The van der Waals surface area contributed by atoms with Gasteiger partial charge in [-0.2, -0.15) is 22.0 Å². The summed E-state index contributed by atoms with van der Waals surface area (Å²) in [4.78, 5) is 84.4. The molecule has 90 heavy (non-hydrogen) atoms. The summed E-state index contributed by atoms with van der Waals surface area (Å²) in [5.41, 5.74) is -1.13. The molecule has 2 aliphatic heterocycles. The molecule has 0 atom stereocenters. The molecule has 4 aromatic rings. The van der Waals surface area contributed by atoms with Gasteiger partial charge in [0, 0.05) is 142 Å². The molecule has 0 bridgehead atoms. The molecule has 1 aliphatic carbocycles. The first-order valence-corrected chi connectivity index (χ1v) is 30.8. The molecule has 0 spiro atoms. The van der Waals surface area contributed by atoms with E-state index >= 15 is 0 Å². The Bertz CT molecular complexity index is 3090. The molecule has 494 valence electrons. The van der Waals surface area contributed by atoms with Gasteiger partial charge in [-0.15, -0.1) is 21.5 Å². The first-order chi connectivity index (χ1) is 41.8. The lowest BCUT2D eigenvalue weighted by molar-refractivity contribution is -0.422. The molecular formula is C53H62Br4ClF5N9O17P+2. The van der Waals surface area contributed by atoms with Crippen molar-refractivity contribution in [1.29, 1.82) is 0 Å². The Labute approximate surface area is 553 Å². The van der Waals surface area contributed by atoms with Crippen LogP contribution in [0, 0.1) is 86.8 Å². The summed E-state index contributed by atoms with van der Waals surface area (Å²) in [6.07, 6.45) is 4.84. The molecule has 0 radical (unpaired) electrons. The maximum atomic E-state index is 14.0. The average Bonchev–Trinajstić information content (AvgIpc) is 2.83. The number of aliphatic carboxylic acids is 1. The van der Waals surface area contributed by atoms with Crippen LogP contribution in [-0.4, -0.2) is 132 Å². The molecule has 2 heterocycles. The third-order valence-corrected chi connectivity index (χ3v) is 14.2. The molecule has 0 aromatic heterocycles. The summed E-state index contributed by atoms with van der Waals surface area (Å²) < 4.78 is 85.2. The minimum absolute atomic E-state index is 0. The van der Waals surface area contributed by atoms with Crippen molar-refractivity contribution >= 4 is 125 Å². The number of alkyl halides is 4. The number of carboxylic acid groups (broad SMARTS) is 1. The van der Waals surface area contributed by atoms with Crippen LogP contribution in [-0.2, 0) is 45.2 Å². The van der Waals surface area contributed by atoms with Crippen molar-refractivity contribution in [1.82, 2.24) is 20.0 Å². The zero-order valence-corrected chi connectivity index (χ0v) is 56.7. The molecular weight excluding hydrogens is 1520 g/mol. The summed E-state index contributed by atoms with van der Waals surface area (Å²) in [6, 6.07) is 16.5. The van der Waals surface area contributed by atoms with Gasteiger partial charge in [0.2, 0.25) is 35.1 Å². The van der Waals surface area contributed by atoms with Crippen molar-refractivity contribution in [2.24, 2.45) is 0 Å². The second-order valence-electron chi connectivity index (χ2n) is 17.2. The van der Waals surface area contributed by atoms with E-state index in [9.17, 15) is 86.7 Å². The third kappa shape index (κ3) is 32.3. The fourth-order valence-electron chi connectivity index (χ4n) is 6.69. The standard InChI is InChI=1S/C13H16FN3O3.C7H3Br2FNO2.2C7H5BrFNO2.C7H6FNO2.C6H12N2O.C4H10O3P.C2H4O2.ClH/c1-10(18)16-7-5-15(6-8-16)9-11-3-2-4-12(13(11)14)17(19)20;8-7(9)4-2-1-3-5(6(4)10)11(12)13;2*8-4-5-2-1-3-6(7(5)9)10(11)12;1-5-3-2-4-6(7(5)8)9(10)11;1-6(9)8-4-2-7-3-5-8;1-3-6-8(5)7-4-2;1-2(3)4;/h2-4H,5-9H2,1H3;2-3,7H;2*1-3H,4H2;2-4H,1H3;7H,2-5H2,1H3;3-4H2,1-2H3;1H3,(H,3,4);1H/q;+1;;;;;+1;;. The fraction of sp³-hybridized carbons (Fsp3) is 0.377. The van der Waals surface area contributed by atoms with Gasteiger partial charge >= 0.3 is 42.5 Å². The Kier molecular flexibility index (Phi) is 43.9. The molecule has 0 saturated carbocycles. The van der Waals surface area contributed by atoms with Crippen LogP contribution in [0.25, 0.3) is 0 Å². The van der Waals surface area contributed by atoms with Crippen LogP contribution in [0.5, 0.6) is 0 Å². The summed E-state index contributed by atoms with van der Waals surface area (Å²) >= 11 is 12.2. The van der Waals surface area contributed by atoms with E-state index in [4.69, 9.17) is 9.90 Å². The quantitative estimate of drug-likeness (QED) is 0.0296. The van der Waals surface area contributed by atoms with Gasteiger partial charge in [0.15, 0.2) is 6.08 Å². The largest absolute Gasteiger partial charge is 0.697 e. The number of benzene rings is 4. The molecule has 2 N–H and O–H groups in total. The normalized spacial score (nSPS) is 12.8. The summed E-state index contributed by atoms with van der Waals surface area (Å²) in [5.74, 6) is -4.51. The molecule has 2 saturated heterocycles. The van der Waals surface area contributed by atoms with Crippen molar-refractivity contribution in [3.8, 4) is 0 Å². The predicted molar refractivity (Wildman–Crippen MR) is 339 cm³/mol. The minimum Gasteiger partial charge on any atom is -0.481 e. The van der Waals surface area contributed by atoms with Crippen LogP contribution >= 0.6 is 84.4 Å². The molecule has 4 aromatic carbocycles. The Balaban J connectivity index is 0. The van der Waals surface area contributed by atoms with Crippen LogP contribution in [0.4, 0.5) is 44.7 Å². The Hall–Kier alpha value is -6.78. The first-order valence-electron chi connectivity index (χ1n) is 25.6. The zero-order chi connectivity index (χ0) is 68.1. The van der Waals surface area contributed by atoms with E-state index in [1.807, 2.05) is 9.80 Å². The smallest absolute Gasteiger partial charge is 0.481 e. The Morgan fingerprint density at radius 3 is 1.30 bits per heavy atom. The SMILES string of the molecule is CC(=O)N1CCN(Cc2cccc([N+](=O)[O-])c2F)CC1.CC(=O)N1CCNCC1.CC(=O)O.CCO[P+](=O)OCC.Cc1cccc([N+](=O)[O-])c1F.Cl.O=[N+]([O-])C1=C[C+]=CC(C(Br)Br)=C1F.O=[N+]([O-])c1cccc(CBr)c1F.O=[N+]([O-])c1cccc(CBr)c1F. The lowest BCUT2D eigenvalue weighted by Gasteiger charge is -2.34. The number of carbonyl (C=O) groups excluding carboxylic acids is 2. The number of allylic oxidation sites excluding steroid dienone is 5. The second-order valence-corrected chi connectivity index (χ2v) is 22.4. The van der Waals surface area contributed by atoms with E-state index in [0.29, 0.717) is 68.2 Å². The average molecular weight is 1580 g/mol.